The van der Waals surface area contributed by atoms with E-state index in [2.05, 4.69) is 0 Å². The van der Waals surface area contributed by atoms with Crippen LogP contribution in [-0.2, 0) is 4.79 Å². The second kappa shape index (κ2) is 5.77. The van der Waals surface area contributed by atoms with Gasteiger partial charge in [-0.1, -0.05) is 23.2 Å². The van der Waals surface area contributed by atoms with E-state index < -0.39 is 5.91 Å². The molecule has 5 heteroatoms. The van der Waals surface area contributed by atoms with Crippen molar-refractivity contribution in [1.82, 2.24) is 0 Å². The molecule has 3 nitrogen and oxygen atoms in total. The summed E-state index contributed by atoms with van der Waals surface area (Å²) in [7, 11) is 0. The quantitative estimate of drug-likeness (QED) is 0.846. The van der Waals surface area contributed by atoms with Gasteiger partial charge in [0.15, 0.2) is 0 Å². The summed E-state index contributed by atoms with van der Waals surface area (Å²) in [6.45, 7) is 1.85. The van der Waals surface area contributed by atoms with Crippen molar-refractivity contribution in [3.8, 4) is 5.75 Å². The van der Waals surface area contributed by atoms with Gasteiger partial charge in [-0.15, -0.1) is 0 Å². The topological polar surface area (TPSA) is 52.3 Å². The van der Waals surface area contributed by atoms with Gasteiger partial charge in [-0.3, -0.25) is 4.79 Å². The highest BCUT2D eigenvalue weighted by atomic mass is 35.5. The summed E-state index contributed by atoms with van der Waals surface area (Å²) in [6.07, 6.45) is 1.59. The van der Waals surface area contributed by atoms with Crippen molar-refractivity contribution in [3.05, 3.63) is 39.9 Å². The van der Waals surface area contributed by atoms with Crippen molar-refractivity contribution in [2.45, 2.75) is 6.92 Å². The highest BCUT2D eigenvalue weighted by molar-refractivity contribution is 6.35. The van der Waals surface area contributed by atoms with Crippen LogP contribution in [0.25, 0.3) is 0 Å². The molecule has 0 aliphatic rings. The van der Waals surface area contributed by atoms with Crippen LogP contribution in [0, 0.1) is 0 Å². The molecule has 1 amide bonds. The van der Waals surface area contributed by atoms with Crippen LogP contribution < -0.4 is 10.5 Å². The van der Waals surface area contributed by atoms with E-state index in [1.54, 1.807) is 31.2 Å². The van der Waals surface area contributed by atoms with Gasteiger partial charge < -0.3 is 10.5 Å². The molecule has 0 aliphatic heterocycles. The molecule has 0 fully saturated rings. The zero-order valence-corrected chi connectivity index (χ0v) is 10.2. The Kier molecular flexibility index (Phi) is 4.65. The van der Waals surface area contributed by atoms with Crippen molar-refractivity contribution in [1.29, 1.82) is 0 Å². The molecular formula is C11H11Cl2NO2. The molecule has 0 saturated heterocycles. The molecule has 0 saturated carbocycles. The zero-order chi connectivity index (χ0) is 12.1. The Balaban J connectivity index is 2.62. The largest absolute Gasteiger partial charge is 0.488 e. The maximum atomic E-state index is 10.7. The van der Waals surface area contributed by atoms with E-state index in [0.717, 1.165) is 0 Å². The van der Waals surface area contributed by atoms with Crippen molar-refractivity contribution < 1.29 is 9.53 Å². The van der Waals surface area contributed by atoms with Gasteiger partial charge >= 0.3 is 0 Å². The third-order valence-electron chi connectivity index (χ3n) is 1.91. The standard InChI is InChI=1S/C11H11Cl2NO2/c1-7(11(14)15)4-5-16-10-3-2-8(12)6-9(10)13/h2-4,6H,5H2,1H3,(H2,14,15)/b7-4+. The summed E-state index contributed by atoms with van der Waals surface area (Å²) in [5, 5.41) is 0.971. The number of halogens is 2. The third kappa shape index (κ3) is 3.76. The number of carbonyl (C=O) groups excluding carboxylic acids is 1. The fourth-order valence-corrected chi connectivity index (χ4v) is 1.41. The van der Waals surface area contributed by atoms with Gasteiger partial charge in [-0.2, -0.15) is 0 Å². The van der Waals surface area contributed by atoms with E-state index in [1.807, 2.05) is 0 Å². The molecule has 1 aromatic rings. The molecule has 0 unspecified atom stereocenters. The SMILES string of the molecule is C/C(=C\COc1ccc(Cl)cc1Cl)C(N)=O. The van der Waals surface area contributed by atoms with Gasteiger partial charge in [0, 0.05) is 10.6 Å². The van der Waals surface area contributed by atoms with Crippen LogP contribution in [0.15, 0.2) is 29.8 Å². The first-order valence-electron chi connectivity index (χ1n) is 4.55. The highest BCUT2D eigenvalue weighted by Crippen LogP contribution is 2.27. The molecule has 1 rings (SSSR count). The normalized spacial score (nSPS) is 11.3. The van der Waals surface area contributed by atoms with Gasteiger partial charge in [0.05, 0.1) is 5.02 Å². The van der Waals surface area contributed by atoms with Gasteiger partial charge in [0.25, 0.3) is 0 Å². The van der Waals surface area contributed by atoms with Gasteiger partial charge in [0.1, 0.15) is 12.4 Å². The van der Waals surface area contributed by atoms with Crippen molar-refractivity contribution in [3.63, 3.8) is 0 Å². The predicted molar refractivity (Wildman–Crippen MR) is 64.9 cm³/mol. The lowest BCUT2D eigenvalue weighted by Crippen LogP contribution is -2.12. The molecule has 0 heterocycles. The smallest absolute Gasteiger partial charge is 0.244 e. The molecule has 16 heavy (non-hydrogen) atoms. The van der Waals surface area contributed by atoms with E-state index in [-0.39, 0.29) is 6.61 Å². The lowest BCUT2D eigenvalue weighted by molar-refractivity contribution is -0.114. The number of hydrogen-bond acceptors (Lipinski definition) is 2. The van der Waals surface area contributed by atoms with Crippen molar-refractivity contribution >= 4 is 29.1 Å². The molecule has 0 atom stereocenters. The predicted octanol–water partition coefficient (Wildman–Crippen LogP) is 2.80. The molecule has 0 bridgehead atoms. The third-order valence-corrected chi connectivity index (χ3v) is 2.44. The van der Waals surface area contributed by atoms with Crippen LogP contribution in [0.5, 0.6) is 5.75 Å². The minimum Gasteiger partial charge on any atom is -0.488 e. The van der Waals surface area contributed by atoms with Crippen molar-refractivity contribution in [2.24, 2.45) is 5.73 Å². The number of nitrogens with two attached hydrogens (primary N) is 1. The molecule has 0 radical (unpaired) electrons. The summed E-state index contributed by atoms with van der Waals surface area (Å²) in [5.74, 6) is 0.0467. The van der Waals surface area contributed by atoms with E-state index in [0.29, 0.717) is 21.4 Å². The number of primary amides is 1. The molecule has 0 aliphatic carbocycles. The first kappa shape index (κ1) is 12.9. The van der Waals surface area contributed by atoms with E-state index in [4.69, 9.17) is 33.7 Å². The summed E-state index contributed by atoms with van der Waals surface area (Å²) < 4.78 is 5.34. The van der Waals surface area contributed by atoms with E-state index in [1.165, 1.54) is 0 Å². The molecule has 0 spiro atoms. The van der Waals surface area contributed by atoms with Crippen LogP contribution in [0.2, 0.25) is 10.0 Å². The van der Waals surface area contributed by atoms with Gasteiger partial charge in [-0.25, -0.2) is 0 Å². The fraction of sp³-hybridized carbons (Fsp3) is 0.182. The number of ether oxygens (including phenoxy) is 1. The fourth-order valence-electron chi connectivity index (χ4n) is 0.949. The van der Waals surface area contributed by atoms with Gasteiger partial charge in [-0.05, 0) is 31.2 Å². The van der Waals surface area contributed by atoms with E-state index in [9.17, 15) is 4.79 Å². The number of rotatable bonds is 4. The molecular weight excluding hydrogens is 249 g/mol. The lowest BCUT2D eigenvalue weighted by Gasteiger charge is -2.05. The van der Waals surface area contributed by atoms with Crippen molar-refractivity contribution in [2.75, 3.05) is 6.61 Å². The zero-order valence-electron chi connectivity index (χ0n) is 8.67. The van der Waals surface area contributed by atoms with Gasteiger partial charge in [0.2, 0.25) is 5.91 Å². The second-order valence-electron chi connectivity index (χ2n) is 3.14. The number of amides is 1. The minimum atomic E-state index is -0.467. The Labute approximate surface area is 104 Å². The summed E-state index contributed by atoms with van der Waals surface area (Å²) in [6, 6.07) is 4.93. The Morgan fingerprint density at radius 2 is 2.19 bits per heavy atom. The van der Waals surface area contributed by atoms with Crippen LogP contribution >= 0.6 is 23.2 Å². The molecule has 86 valence electrons. The first-order chi connectivity index (χ1) is 7.50. The Morgan fingerprint density at radius 1 is 1.50 bits per heavy atom. The monoisotopic (exact) mass is 259 g/mol. The summed E-state index contributed by atoms with van der Waals surface area (Å²) >= 11 is 11.6. The minimum absolute atomic E-state index is 0.232. The average Bonchev–Trinajstić information content (AvgIpc) is 2.20. The summed E-state index contributed by atoms with van der Waals surface area (Å²) in [4.78, 5) is 10.7. The number of hydrogen-bond donors (Lipinski definition) is 1. The second-order valence-corrected chi connectivity index (χ2v) is 3.98. The summed E-state index contributed by atoms with van der Waals surface area (Å²) in [5.41, 5.74) is 5.51. The highest BCUT2D eigenvalue weighted by Gasteiger charge is 2.02. The lowest BCUT2D eigenvalue weighted by atomic mass is 10.3. The maximum absolute atomic E-state index is 10.7. The first-order valence-corrected chi connectivity index (χ1v) is 5.30. The molecule has 0 aromatic heterocycles. The number of carbonyl (C=O) groups is 1. The van der Waals surface area contributed by atoms with Crippen LogP contribution in [0.1, 0.15) is 6.92 Å². The maximum Gasteiger partial charge on any atom is 0.244 e. The van der Waals surface area contributed by atoms with Crippen LogP contribution in [0.3, 0.4) is 0 Å². The average molecular weight is 260 g/mol. The Morgan fingerprint density at radius 3 is 2.75 bits per heavy atom. The molecule has 1 aromatic carbocycles. The van der Waals surface area contributed by atoms with Crippen LogP contribution in [-0.4, -0.2) is 12.5 Å². The molecule has 2 N–H and O–H groups in total. The number of benzene rings is 1. The van der Waals surface area contributed by atoms with Crippen LogP contribution in [0.4, 0.5) is 0 Å². The Hall–Kier alpha value is -1.19. The van der Waals surface area contributed by atoms with E-state index >= 15 is 0 Å². The Bertz CT molecular complexity index is 430.